The molecule has 0 amide bonds. The zero-order chi connectivity index (χ0) is 13.2. The molecule has 3 rings (SSSR count). The van der Waals surface area contributed by atoms with E-state index in [9.17, 15) is 10.4 Å². The van der Waals surface area contributed by atoms with Gasteiger partial charge in [-0.15, -0.1) is 0 Å². The number of hydrogen-bond acceptors (Lipinski definition) is 4. The molecule has 0 saturated carbocycles. The van der Waals surface area contributed by atoms with E-state index in [0.717, 1.165) is 42.7 Å². The molecule has 4 nitrogen and oxygen atoms in total. The van der Waals surface area contributed by atoms with Gasteiger partial charge in [0, 0.05) is 18.5 Å². The monoisotopic (exact) mass is 253 g/mol. The summed E-state index contributed by atoms with van der Waals surface area (Å²) in [7, 11) is 0. The lowest BCUT2D eigenvalue weighted by Gasteiger charge is -2.30. The normalized spacial score (nSPS) is 16.5. The van der Waals surface area contributed by atoms with Crippen molar-refractivity contribution in [3.63, 3.8) is 0 Å². The van der Waals surface area contributed by atoms with Crippen LogP contribution in [0.2, 0.25) is 0 Å². The molecule has 1 aliphatic rings. The van der Waals surface area contributed by atoms with E-state index in [0.29, 0.717) is 5.56 Å². The summed E-state index contributed by atoms with van der Waals surface area (Å²) in [4.78, 5) is 6.76. The van der Waals surface area contributed by atoms with Crippen molar-refractivity contribution in [1.29, 1.82) is 5.26 Å². The Morgan fingerprint density at radius 1 is 1.26 bits per heavy atom. The summed E-state index contributed by atoms with van der Waals surface area (Å²) < 4.78 is 0. The van der Waals surface area contributed by atoms with Crippen molar-refractivity contribution in [1.82, 2.24) is 4.98 Å². The van der Waals surface area contributed by atoms with Crippen LogP contribution in [-0.4, -0.2) is 29.3 Å². The van der Waals surface area contributed by atoms with Gasteiger partial charge < -0.3 is 10.0 Å². The summed E-state index contributed by atoms with van der Waals surface area (Å²) in [5.41, 5.74) is 1.51. The Morgan fingerprint density at radius 3 is 2.74 bits per heavy atom. The molecule has 2 aromatic rings. The molecule has 1 fully saturated rings. The van der Waals surface area contributed by atoms with Crippen molar-refractivity contribution >= 4 is 16.7 Å². The van der Waals surface area contributed by atoms with E-state index < -0.39 is 0 Å². The van der Waals surface area contributed by atoms with Gasteiger partial charge in [-0.3, -0.25) is 0 Å². The van der Waals surface area contributed by atoms with E-state index in [-0.39, 0.29) is 6.10 Å². The van der Waals surface area contributed by atoms with E-state index in [4.69, 9.17) is 0 Å². The highest BCUT2D eigenvalue weighted by atomic mass is 16.3. The van der Waals surface area contributed by atoms with Crippen LogP contribution in [0.15, 0.2) is 30.3 Å². The molecule has 2 heterocycles. The Labute approximate surface area is 111 Å². The first-order valence-electron chi connectivity index (χ1n) is 6.51. The fraction of sp³-hybridized carbons (Fsp3) is 0.333. The molecular formula is C15H15N3O. The zero-order valence-electron chi connectivity index (χ0n) is 10.6. The molecule has 19 heavy (non-hydrogen) atoms. The Hall–Kier alpha value is -2.12. The lowest BCUT2D eigenvalue weighted by Crippen LogP contribution is -2.36. The second kappa shape index (κ2) is 4.87. The Balaban J connectivity index is 2.03. The third-order valence-corrected chi connectivity index (χ3v) is 3.61. The van der Waals surface area contributed by atoms with Crippen LogP contribution in [-0.2, 0) is 0 Å². The van der Waals surface area contributed by atoms with Crippen LogP contribution in [0.1, 0.15) is 18.4 Å². The summed E-state index contributed by atoms with van der Waals surface area (Å²) in [6, 6.07) is 11.8. The van der Waals surface area contributed by atoms with Gasteiger partial charge in [0.05, 0.1) is 23.3 Å². The number of aromatic nitrogens is 1. The fourth-order valence-corrected chi connectivity index (χ4v) is 2.51. The van der Waals surface area contributed by atoms with Gasteiger partial charge in [-0.1, -0.05) is 18.2 Å². The van der Waals surface area contributed by atoms with Crippen LogP contribution in [0.3, 0.4) is 0 Å². The number of nitriles is 1. The van der Waals surface area contributed by atoms with Gasteiger partial charge >= 0.3 is 0 Å². The van der Waals surface area contributed by atoms with Gasteiger partial charge in [0.1, 0.15) is 5.82 Å². The number of para-hydroxylation sites is 1. The first-order valence-corrected chi connectivity index (χ1v) is 6.51. The Kier molecular flexibility index (Phi) is 3.06. The summed E-state index contributed by atoms with van der Waals surface area (Å²) >= 11 is 0. The SMILES string of the molecule is N#Cc1cc(N2CCC(O)CC2)nc2ccccc12. The molecule has 0 atom stereocenters. The number of hydrogen-bond donors (Lipinski definition) is 1. The number of nitrogens with zero attached hydrogens (tertiary/aromatic N) is 3. The molecule has 1 saturated heterocycles. The Morgan fingerprint density at radius 2 is 2.00 bits per heavy atom. The maximum atomic E-state index is 9.55. The first-order chi connectivity index (χ1) is 9.28. The molecule has 1 aromatic carbocycles. The lowest BCUT2D eigenvalue weighted by atomic mass is 10.1. The second-order valence-electron chi connectivity index (χ2n) is 4.88. The largest absolute Gasteiger partial charge is 0.393 e. The predicted octanol–water partition coefficient (Wildman–Crippen LogP) is 2.07. The predicted molar refractivity (Wildman–Crippen MR) is 73.9 cm³/mol. The van der Waals surface area contributed by atoms with E-state index in [2.05, 4.69) is 16.0 Å². The molecule has 0 aliphatic carbocycles. The first kappa shape index (κ1) is 11.9. The summed E-state index contributed by atoms with van der Waals surface area (Å²) in [5, 5.41) is 19.7. The highest BCUT2D eigenvalue weighted by Gasteiger charge is 2.19. The molecule has 1 aliphatic heterocycles. The van der Waals surface area contributed by atoms with Gasteiger partial charge in [-0.25, -0.2) is 4.98 Å². The zero-order valence-corrected chi connectivity index (χ0v) is 10.6. The molecule has 0 bridgehead atoms. The van der Waals surface area contributed by atoms with E-state index in [1.54, 1.807) is 0 Å². The van der Waals surface area contributed by atoms with E-state index in [1.165, 1.54) is 0 Å². The molecule has 0 radical (unpaired) electrons. The third kappa shape index (κ3) is 2.25. The van der Waals surface area contributed by atoms with Crippen LogP contribution < -0.4 is 4.90 Å². The molecule has 0 unspecified atom stereocenters. The summed E-state index contributed by atoms with van der Waals surface area (Å²) in [5.74, 6) is 0.835. The quantitative estimate of drug-likeness (QED) is 0.845. The van der Waals surface area contributed by atoms with Gasteiger partial charge in [0.2, 0.25) is 0 Å². The van der Waals surface area contributed by atoms with Gasteiger partial charge in [-0.05, 0) is 25.0 Å². The van der Waals surface area contributed by atoms with Crippen LogP contribution >= 0.6 is 0 Å². The van der Waals surface area contributed by atoms with Crippen molar-refractivity contribution < 1.29 is 5.11 Å². The van der Waals surface area contributed by atoms with Gasteiger partial charge in [0.25, 0.3) is 0 Å². The maximum absolute atomic E-state index is 9.55. The molecule has 0 spiro atoms. The molecule has 96 valence electrons. The van der Waals surface area contributed by atoms with Gasteiger partial charge in [-0.2, -0.15) is 5.26 Å². The van der Waals surface area contributed by atoms with Crippen LogP contribution in [0.4, 0.5) is 5.82 Å². The number of aliphatic hydroxyl groups excluding tert-OH is 1. The fourth-order valence-electron chi connectivity index (χ4n) is 2.51. The minimum Gasteiger partial charge on any atom is -0.393 e. The van der Waals surface area contributed by atoms with Crippen LogP contribution in [0, 0.1) is 11.3 Å². The summed E-state index contributed by atoms with van der Waals surface area (Å²) in [6.45, 7) is 1.58. The van der Waals surface area contributed by atoms with Gasteiger partial charge in [0.15, 0.2) is 0 Å². The van der Waals surface area contributed by atoms with Crippen molar-refractivity contribution in [2.24, 2.45) is 0 Å². The second-order valence-corrected chi connectivity index (χ2v) is 4.88. The van der Waals surface area contributed by atoms with Crippen molar-refractivity contribution in [3.8, 4) is 6.07 Å². The highest BCUT2D eigenvalue weighted by Crippen LogP contribution is 2.24. The van der Waals surface area contributed by atoms with Crippen LogP contribution in [0.25, 0.3) is 10.9 Å². The minimum atomic E-state index is -0.202. The standard InChI is InChI=1S/C15H15N3O/c16-10-11-9-15(18-7-5-12(19)6-8-18)17-14-4-2-1-3-13(11)14/h1-4,9,12,19H,5-8H2. The number of benzene rings is 1. The average molecular weight is 253 g/mol. The Bertz CT molecular complexity index is 639. The number of fused-ring (bicyclic) bond motifs is 1. The number of pyridine rings is 1. The topological polar surface area (TPSA) is 60.2 Å². The number of anilines is 1. The highest BCUT2D eigenvalue weighted by molar-refractivity contribution is 5.86. The average Bonchev–Trinajstić information content (AvgIpc) is 2.47. The molecular weight excluding hydrogens is 238 g/mol. The third-order valence-electron chi connectivity index (χ3n) is 3.61. The number of aliphatic hydroxyl groups is 1. The van der Waals surface area contributed by atoms with Crippen molar-refractivity contribution in [3.05, 3.63) is 35.9 Å². The van der Waals surface area contributed by atoms with Crippen LogP contribution in [0.5, 0.6) is 0 Å². The van der Waals surface area contributed by atoms with Crippen molar-refractivity contribution in [2.45, 2.75) is 18.9 Å². The van der Waals surface area contributed by atoms with E-state index >= 15 is 0 Å². The number of piperidine rings is 1. The maximum Gasteiger partial charge on any atom is 0.130 e. The molecule has 1 N–H and O–H groups in total. The van der Waals surface area contributed by atoms with E-state index in [1.807, 2.05) is 30.3 Å². The molecule has 1 aromatic heterocycles. The molecule has 4 heteroatoms. The lowest BCUT2D eigenvalue weighted by molar-refractivity contribution is 0.145. The smallest absolute Gasteiger partial charge is 0.130 e. The number of rotatable bonds is 1. The minimum absolute atomic E-state index is 0.202. The van der Waals surface area contributed by atoms with Crippen molar-refractivity contribution in [2.75, 3.05) is 18.0 Å². The summed E-state index contributed by atoms with van der Waals surface area (Å²) in [6.07, 6.45) is 1.32.